The van der Waals surface area contributed by atoms with Crippen LogP contribution >= 0.6 is 0 Å². The van der Waals surface area contributed by atoms with Crippen LogP contribution in [-0.2, 0) is 24.3 Å². The number of carbonyl (C=O) groups is 2. The second-order valence-corrected chi connectivity index (χ2v) is 8.95. The van der Waals surface area contributed by atoms with Gasteiger partial charge in [0.25, 0.3) is 5.91 Å². The first-order valence-corrected chi connectivity index (χ1v) is 11.7. The third kappa shape index (κ3) is 5.34. The molecule has 2 heterocycles. The van der Waals surface area contributed by atoms with Gasteiger partial charge in [-0.3, -0.25) is 14.5 Å². The topological polar surface area (TPSA) is 65.8 Å². The molecule has 2 amide bonds. The molecule has 0 radical (unpaired) electrons. The van der Waals surface area contributed by atoms with Gasteiger partial charge >= 0.3 is 0 Å². The summed E-state index contributed by atoms with van der Waals surface area (Å²) < 4.78 is 5.56. The summed E-state index contributed by atoms with van der Waals surface area (Å²) >= 11 is 0. The van der Waals surface area contributed by atoms with E-state index in [0.29, 0.717) is 31.2 Å². The average molecular weight is 444 g/mol. The van der Waals surface area contributed by atoms with Crippen molar-refractivity contribution in [3.05, 3.63) is 89.4 Å². The lowest BCUT2D eigenvalue weighted by Gasteiger charge is -2.31. The Labute approximate surface area is 194 Å². The smallest absolute Gasteiger partial charge is 0.251 e. The first-order valence-electron chi connectivity index (χ1n) is 11.7. The molecule has 1 aliphatic carbocycles. The molecule has 3 aromatic rings. The molecule has 1 aliphatic heterocycles. The van der Waals surface area contributed by atoms with Crippen LogP contribution in [0.15, 0.2) is 71.3 Å². The number of furan rings is 1. The van der Waals surface area contributed by atoms with Crippen molar-refractivity contribution in [2.75, 3.05) is 18.0 Å². The van der Waals surface area contributed by atoms with Crippen molar-refractivity contribution >= 4 is 17.5 Å². The fraction of sp³-hybridized carbons (Fsp3) is 0.333. The number of hydrogen-bond donors (Lipinski definition) is 1. The lowest BCUT2D eigenvalue weighted by molar-refractivity contribution is -0.120. The third-order valence-electron chi connectivity index (χ3n) is 6.26. The molecule has 0 spiro atoms. The Hall–Kier alpha value is -3.38. The Bertz CT molecular complexity index is 1100. The van der Waals surface area contributed by atoms with Crippen molar-refractivity contribution in [2.45, 2.75) is 44.8 Å². The van der Waals surface area contributed by atoms with Crippen LogP contribution in [0.25, 0.3) is 0 Å². The van der Waals surface area contributed by atoms with E-state index >= 15 is 0 Å². The molecule has 170 valence electrons. The fourth-order valence-corrected chi connectivity index (χ4v) is 4.38. The number of carbonyl (C=O) groups excluding carboxylic acids is 2. The summed E-state index contributed by atoms with van der Waals surface area (Å²) in [4.78, 5) is 29.6. The zero-order valence-corrected chi connectivity index (χ0v) is 18.7. The number of fused-ring (bicyclic) bond motifs is 1. The standard InChI is InChI=1S/C27H29N3O3/c31-26(30-15-3-6-21-5-1-2-8-25(21)30)19-29(18-24-7-4-16-33-24)17-20-9-11-22(12-10-20)27(32)28-23-13-14-23/h1-2,4-5,7-12,16,23H,3,6,13-15,17-19H2,(H,28,32). The van der Waals surface area contributed by atoms with Gasteiger partial charge in [0.1, 0.15) is 5.76 Å². The number of aryl methyl sites for hydroxylation is 1. The highest BCUT2D eigenvalue weighted by Gasteiger charge is 2.25. The molecule has 1 fully saturated rings. The number of anilines is 1. The van der Waals surface area contributed by atoms with E-state index in [1.165, 1.54) is 5.56 Å². The van der Waals surface area contributed by atoms with E-state index in [9.17, 15) is 9.59 Å². The highest BCUT2D eigenvalue weighted by Crippen LogP contribution is 2.27. The fourth-order valence-electron chi connectivity index (χ4n) is 4.38. The Kier molecular flexibility index (Phi) is 6.26. The van der Waals surface area contributed by atoms with Crippen LogP contribution < -0.4 is 10.2 Å². The molecule has 6 heteroatoms. The van der Waals surface area contributed by atoms with Crippen molar-refractivity contribution in [3.8, 4) is 0 Å². The summed E-state index contributed by atoms with van der Waals surface area (Å²) in [6.45, 7) is 2.17. The summed E-state index contributed by atoms with van der Waals surface area (Å²) in [5.41, 5.74) is 3.98. The lowest BCUT2D eigenvalue weighted by atomic mass is 10.0. The Morgan fingerprint density at radius 1 is 1.00 bits per heavy atom. The van der Waals surface area contributed by atoms with Gasteiger partial charge < -0.3 is 14.6 Å². The summed E-state index contributed by atoms with van der Waals surface area (Å²) in [5, 5.41) is 3.02. The number of nitrogens with one attached hydrogen (secondary N) is 1. The number of nitrogens with zero attached hydrogens (tertiary/aromatic N) is 2. The van der Waals surface area contributed by atoms with Crippen molar-refractivity contribution in [2.24, 2.45) is 0 Å². The Morgan fingerprint density at radius 3 is 2.58 bits per heavy atom. The molecule has 5 rings (SSSR count). The van der Waals surface area contributed by atoms with Gasteiger partial charge in [0, 0.05) is 30.4 Å². The molecule has 0 bridgehead atoms. The van der Waals surface area contributed by atoms with Crippen LogP contribution in [0.3, 0.4) is 0 Å². The van der Waals surface area contributed by atoms with Crippen molar-refractivity contribution < 1.29 is 14.0 Å². The molecule has 1 saturated carbocycles. The summed E-state index contributed by atoms with van der Waals surface area (Å²) in [6.07, 6.45) is 5.79. The van der Waals surface area contributed by atoms with E-state index in [-0.39, 0.29) is 11.8 Å². The Morgan fingerprint density at radius 2 is 1.82 bits per heavy atom. The summed E-state index contributed by atoms with van der Waals surface area (Å²) in [5.74, 6) is 0.895. The summed E-state index contributed by atoms with van der Waals surface area (Å²) in [7, 11) is 0. The molecule has 1 N–H and O–H groups in total. The van der Waals surface area contributed by atoms with E-state index in [0.717, 1.165) is 49.2 Å². The van der Waals surface area contributed by atoms with Gasteiger partial charge in [0.05, 0.1) is 19.4 Å². The second-order valence-electron chi connectivity index (χ2n) is 8.95. The maximum Gasteiger partial charge on any atom is 0.251 e. The van der Waals surface area contributed by atoms with E-state index in [2.05, 4.69) is 16.3 Å². The van der Waals surface area contributed by atoms with Gasteiger partial charge in [0.15, 0.2) is 0 Å². The number of rotatable bonds is 8. The van der Waals surface area contributed by atoms with E-state index in [1.54, 1.807) is 6.26 Å². The molecule has 2 aromatic carbocycles. The molecule has 6 nitrogen and oxygen atoms in total. The Balaban J connectivity index is 1.29. The molecule has 2 aliphatic rings. The van der Waals surface area contributed by atoms with Crippen LogP contribution in [-0.4, -0.2) is 35.8 Å². The number of hydrogen-bond acceptors (Lipinski definition) is 4. The highest BCUT2D eigenvalue weighted by molar-refractivity contribution is 5.96. The predicted octanol–water partition coefficient (Wildman–Crippen LogP) is 4.15. The minimum Gasteiger partial charge on any atom is -0.468 e. The van der Waals surface area contributed by atoms with Crippen LogP contribution in [0.1, 0.15) is 46.5 Å². The molecular formula is C27H29N3O3. The van der Waals surface area contributed by atoms with Crippen LogP contribution in [0.4, 0.5) is 5.69 Å². The maximum atomic E-state index is 13.3. The van der Waals surface area contributed by atoms with Crippen molar-refractivity contribution in [1.82, 2.24) is 10.2 Å². The molecular weight excluding hydrogens is 414 g/mol. The molecule has 0 saturated heterocycles. The van der Waals surface area contributed by atoms with Crippen LogP contribution in [0.5, 0.6) is 0 Å². The van der Waals surface area contributed by atoms with E-state index in [4.69, 9.17) is 4.42 Å². The van der Waals surface area contributed by atoms with E-state index < -0.39 is 0 Å². The normalized spacial score (nSPS) is 15.4. The zero-order chi connectivity index (χ0) is 22.6. The van der Waals surface area contributed by atoms with Crippen LogP contribution in [0, 0.1) is 0 Å². The number of para-hydroxylation sites is 1. The molecule has 1 aromatic heterocycles. The van der Waals surface area contributed by atoms with Gasteiger partial charge in [-0.15, -0.1) is 0 Å². The third-order valence-corrected chi connectivity index (χ3v) is 6.26. The van der Waals surface area contributed by atoms with Gasteiger partial charge in [-0.2, -0.15) is 0 Å². The van der Waals surface area contributed by atoms with Gasteiger partial charge in [-0.1, -0.05) is 30.3 Å². The number of benzene rings is 2. The quantitative estimate of drug-likeness (QED) is 0.568. The molecule has 0 atom stereocenters. The second kappa shape index (κ2) is 9.63. The lowest BCUT2D eigenvalue weighted by Crippen LogP contribution is -2.42. The van der Waals surface area contributed by atoms with Crippen LogP contribution in [0.2, 0.25) is 0 Å². The average Bonchev–Trinajstić information content (AvgIpc) is 3.50. The zero-order valence-electron chi connectivity index (χ0n) is 18.7. The molecule has 33 heavy (non-hydrogen) atoms. The van der Waals surface area contributed by atoms with Gasteiger partial charge in [-0.05, 0) is 67.1 Å². The number of amides is 2. The minimum absolute atomic E-state index is 0.0181. The van der Waals surface area contributed by atoms with Crippen molar-refractivity contribution in [3.63, 3.8) is 0 Å². The largest absolute Gasteiger partial charge is 0.468 e. The maximum absolute atomic E-state index is 13.3. The minimum atomic E-state index is -0.0181. The monoisotopic (exact) mass is 443 g/mol. The molecule has 0 unspecified atom stereocenters. The highest BCUT2D eigenvalue weighted by atomic mass is 16.3. The van der Waals surface area contributed by atoms with Crippen molar-refractivity contribution in [1.29, 1.82) is 0 Å². The predicted molar refractivity (Wildman–Crippen MR) is 127 cm³/mol. The van der Waals surface area contributed by atoms with Gasteiger partial charge in [-0.25, -0.2) is 0 Å². The SMILES string of the molecule is O=C(NC1CC1)c1ccc(CN(CC(=O)N2CCCc3ccccc32)Cc2ccco2)cc1. The first-order chi connectivity index (χ1) is 16.2. The summed E-state index contributed by atoms with van der Waals surface area (Å²) in [6, 6.07) is 20.0. The van der Waals surface area contributed by atoms with E-state index in [1.807, 2.05) is 59.5 Å². The van der Waals surface area contributed by atoms with Gasteiger partial charge in [0.2, 0.25) is 5.91 Å². The first kappa shape index (κ1) is 21.5.